The second kappa shape index (κ2) is 5.65. The Morgan fingerprint density at radius 2 is 2.33 bits per heavy atom. The van der Waals surface area contributed by atoms with Crippen molar-refractivity contribution in [3.05, 3.63) is 29.1 Å². The van der Waals surface area contributed by atoms with Gasteiger partial charge in [0.1, 0.15) is 11.6 Å². The Hall–Kier alpha value is -2.59. The van der Waals surface area contributed by atoms with E-state index in [2.05, 4.69) is 4.98 Å². The minimum atomic E-state index is -0.0414. The van der Waals surface area contributed by atoms with Gasteiger partial charge in [0, 0.05) is 6.20 Å². The molecular weight excluding hydrogens is 234 g/mol. The second-order valence-corrected chi connectivity index (χ2v) is 3.45. The van der Waals surface area contributed by atoms with E-state index in [0.717, 1.165) is 5.01 Å². The number of hydrogen-bond acceptors (Lipinski definition) is 7. The summed E-state index contributed by atoms with van der Waals surface area (Å²) >= 11 is 0. The van der Waals surface area contributed by atoms with E-state index in [-0.39, 0.29) is 11.6 Å². The van der Waals surface area contributed by atoms with Gasteiger partial charge in [-0.25, -0.2) is 5.84 Å². The summed E-state index contributed by atoms with van der Waals surface area (Å²) < 4.78 is 5.00. The van der Waals surface area contributed by atoms with Crippen LogP contribution in [0.4, 0.5) is 5.82 Å². The number of nitrogens with zero attached hydrogens (tertiary/aromatic N) is 3. The Kier molecular flexibility index (Phi) is 4.23. The summed E-state index contributed by atoms with van der Waals surface area (Å²) in [6, 6.07) is 3.58. The van der Waals surface area contributed by atoms with Crippen molar-refractivity contribution in [1.29, 1.82) is 5.26 Å². The van der Waals surface area contributed by atoms with Crippen LogP contribution in [0.2, 0.25) is 0 Å². The Morgan fingerprint density at radius 3 is 2.83 bits per heavy atom. The monoisotopic (exact) mass is 247 g/mol. The van der Waals surface area contributed by atoms with E-state index >= 15 is 0 Å². The maximum absolute atomic E-state index is 10.4. The van der Waals surface area contributed by atoms with E-state index < -0.39 is 0 Å². The molecule has 0 bridgehead atoms. The molecule has 0 radical (unpaired) electrons. The third-order valence-electron chi connectivity index (χ3n) is 2.16. The highest BCUT2D eigenvalue weighted by Crippen LogP contribution is 2.23. The molecule has 0 aliphatic carbocycles. The molecule has 0 spiro atoms. The van der Waals surface area contributed by atoms with Gasteiger partial charge in [-0.2, -0.15) is 10.2 Å². The normalized spacial score (nSPS) is 10.7. The zero-order valence-electron chi connectivity index (χ0n) is 10.0. The van der Waals surface area contributed by atoms with Crippen molar-refractivity contribution in [2.45, 2.75) is 6.92 Å². The van der Waals surface area contributed by atoms with Gasteiger partial charge >= 0.3 is 0 Å². The zero-order valence-corrected chi connectivity index (χ0v) is 10.0. The lowest BCUT2D eigenvalue weighted by Gasteiger charge is -2.15. The molecule has 1 rings (SSSR count). The molecule has 0 amide bonds. The molecule has 0 aliphatic rings. The molecule has 0 saturated carbocycles. The first-order chi connectivity index (χ1) is 8.53. The minimum absolute atomic E-state index is 0.0414. The van der Waals surface area contributed by atoms with Gasteiger partial charge in [0.05, 0.1) is 12.8 Å². The summed E-state index contributed by atoms with van der Waals surface area (Å²) in [7, 11) is 1.41. The molecule has 0 atom stereocenters. The largest absolute Gasteiger partial charge is 0.480 e. The molecule has 0 unspecified atom stereocenters. The minimum Gasteiger partial charge on any atom is -0.480 e. The van der Waals surface area contributed by atoms with Crippen molar-refractivity contribution < 1.29 is 9.53 Å². The predicted octanol–water partition coefficient (Wildman–Crippen LogP) is -0.0506. The van der Waals surface area contributed by atoms with E-state index in [9.17, 15) is 4.79 Å². The topological polar surface area (TPSA) is 118 Å². The number of hydrazine groups is 1. The van der Waals surface area contributed by atoms with Crippen LogP contribution in [0.15, 0.2) is 18.0 Å². The molecule has 4 N–H and O–H groups in total. The van der Waals surface area contributed by atoms with Crippen molar-refractivity contribution >= 4 is 12.1 Å². The molecule has 1 aromatic heterocycles. The highest BCUT2D eigenvalue weighted by Gasteiger charge is 2.12. The number of allylic oxidation sites excluding steroid dienone is 1. The Labute approximate surface area is 104 Å². The number of hydrogen-bond donors (Lipinski definition) is 2. The van der Waals surface area contributed by atoms with Crippen molar-refractivity contribution in [1.82, 2.24) is 4.98 Å². The third-order valence-corrected chi connectivity index (χ3v) is 2.16. The summed E-state index contributed by atoms with van der Waals surface area (Å²) in [5.74, 6) is 6.15. The number of pyridine rings is 1. The Bertz CT molecular complexity index is 533. The lowest BCUT2D eigenvalue weighted by atomic mass is 10.1. The number of aryl methyl sites for hydroxylation is 1. The van der Waals surface area contributed by atoms with Crippen LogP contribution < -0.4 is 21.3 Å². The number of anilines is 1. The van der Waals surface area contributed by atoms with Gasteiger partial charge in [-0.15, -0.1) is 0 Å². The molecule has 0 aliphatic heterocycles. The molecule has 1 aromatic rings. The van der Waals surface area contributed by atoms with Crippen LogP contribution in [-0.4, -0.2) is 18.4 Å². The smallest absolute Gasteiger partial charge is 0.233 e. The van der Waals surface area contributed by atoms with Crippen LogP contribution in [0.3, 0.4) is 0 Å². The number of methoxy groups -OCH3 is 1. The highest BCUT2D eigenvalue weighted by atomic mass is 16.5. The SMILES string of the molecule is COc1nc(N(N)/C=C(\N)C=O)cc(C)c1C#N. The number of aromatic nitrogens is 1. The van der Waals surface area contributed by atoms with Crippen LogP contribution in [0.5, 0.6) is 5.88 Å². The van der Waals surface area contributed by atoms with Crippen LogP contribution in [0.1, 0.15) is 11.1 Å². The van der Waals surface area contributed by atoms with Crippen LogP contribution >= 0.6 is 0 Å². The molecule has 7 heteroatoms. The quantitative estimate of drug-likeness (QED) is 0.331. The molecule has 1 heterocycles. The van der Waals surface area contributed by atoms with Crippen LogP contribution in [-0.2, 0) is 4.79 Å². The number of carbonyl (C=O) groups excluding carboxylic acids is 1. The number of rotatable bonds is 4. The molecule has 0 fully saturated rings. The fourth-order valence-electron chi connectivity index (χ4n) is 1.30. The number of carbonyl (C=O) groups is 1. The number of aldehydes is 1. The van der Waals surface area contributed by atoms with Crippen molar-refractivity contribution in [3.8, 4) is 11.9 Å². The highest BCUT2D eigenvalue weighted by molar-refractivity contribution is 5.72. The van der Waals surface area contributed by atoms with Crippen molar-refractivity contribution in [2.75, 3.05) is 12.1 Å². The van der Waals surface area contributed by atoms with E-state index in [0.29, 0.717) is 23.2 Å². The lowest BCUT2D eigenvalue weighted by molar-refractivity contribution is -0.105. The molecule has 7 nitrogen and oxygen atoms in total. The number of ether oxygens (including phenoxy) is 1. The van der Waals surface area contributed by atoms with Crippen LogP contribution in [0.25, 0.3) is 0 Å². The number of nitriles is 1. The Morgan fingerprint density at radius 1 is 1.67 bits per heavy atom. The van der Waals surface area contributed by atoms with Gasteiger partial charge in [-0.3, -0.25) is 9.80 Å². The van der Waals surface area contributed by atoms with Gasteiger partial charge in [-0.1, -0.05) is 0 Å². The summed E-state index contributed by atoms with van der Waals surface area (Å²) in [6.07, 6.45) is 1.69. The fraction of sp³-hybridized carbons (Fsp3) is 0.182. The van der Waals surface area contributed by atoms with E-state index in [1.54, 1.807) is 13.0 Å². The van der Waals surface area contributed by atoms with Gasteiger partial charge < -0.3 is 10.5 Å². The lowest BCUT2D eigenvalue weighted by Crippen LogP contribution is -2.27. The number of nitrogens with two attached hydrogens (primary N) is 2. The molecular formula is C11H13N5O2. The predicted molar refractivity (Wildman–Crippen MR) is 65.2 cm³/mol. The first kappa shape index (κ1) is 13.5. The molecule has 94 valence electrons. The first-order valence-corrected chi connectivity index (χ1v) is 4.95. The van der Waals surface area contributed by atoms with Gasteiger partial charge in [0.15, 0.2) is 12.1 Å². The van der Waals surface area contributed by atoms with Crippen LogP contribution in [0, 0.1) is 18.3 Å². The van der Waals surface area contributed by atoms with Crippen molar-refractivity contribution in [2.24, 2.45) is 11.6 Å². The zero-order chi connectivity index (χ0) is 13.7. The van der Waals surface area contributed by atoms with Gasteiger partial charge in [-0.05, 0) is 18.6 Å². The maximum atomic E-state index is 10.4. The third kappa shape index (κ3) is 2.75. The average molecular weight is 247 g/mol. The first-order valence-electron chi connectivity index (χ1n) is 4.95. The summed E-state index contributed by atoms with van der Waals surface area (Å²) in [4.78, 5) is 14.4. The molecule has 0 aromatic carbocycles. The van der Waals surface area contributed by atoms with Gasteiger partial charge in [0.2, 0.25) is 5.88 Å². The Balaban J connectivity index is 3.24. The van der Waals surface area contributed by atoms with Crippen molar-refractivity contribution in [3.63, 3.8) is 0 Å². The summed E-state index contributed by atoms with van der Waals surface area (Å²) in [6.45, 7) is 1.73. The van der Waals surface area contributed by atoms with E-state index in [4.69, 9.17) is 21.6 Å². The molecule has 0 saturated heterocycles. The molecule has 18 heavy (non-hydrogen) atoms. The second-order valence-electron chi connectivity index (χ2n) is 3.45. The summed E-state index contributed by atoms with van der Waals surface area (Å²) in [5.41, 5.74) is 6.29. The fourth-order valence-corrected chi connectivity index (χ4v) is 1.30. The standard InChI is InChI=1S/C11H13N5O2/c1-7-3-10(16(14)5-8(13)6-17)15-11(18-2)9(7)4-12/h3,5-6H,13-14H2,1-2H3/b8-5-. The van der Waals surface area contributed by atoms with Gasteiger partial charge in [0.25, 0.3) is 0 Å². The average Bonchev–Trinajstić information content (AvgIpc) is 2.37. The van der Waals surface area contributed by atoms with E-state index in [1.165, 1.54) is 13.3 Å². The summed E-state index contributed by atoms with van der Waals surface area (Å²) in [5, 5.41) is 10.0. The van der Waals surface area contributed by atoms with E-state index in [1.807, 2.05) is 6.07 Å². The maximum Gasteiger partial charge on any atom is 0.233 e.